The normalized spacial score (nSPS) is 22.7. The first kappa shape index (κ1) is 35.1. The van der Waals surface area contributed by atoms with Crippen molar-refractivity contribution in [2.24, 2.45) is 0 Å². The van der Waals surface area contributed by atoms with Crippen LogP contribution in [0.5, 0.6) is 0 Å². The predicted octanol–water partition coefficient (Wildman–Crippen LogP) is 12.2. The van der Waals surface area contributed by atoms with Crippen LogP contribution in [0.4, 0.5) is 0 Å². The van der Waals surface area contributed by atoms with Crippen LogP contribution in [0.25, 0.3) is 0 Å². The molecule has 2 aromatic rings. The molecule has 0 spiro atoms. The van der Waals surface area contributed by atoms with Gasteiger partial charge in [0.2, 0.25) is 0 Å². The summed E-state index contributed by atoms with van der Waals surface area (Å²) in [6, 6.07) is 10.2. The summed E-state index contributed by atoms with van der Waals surface area (Å²) in [4.78, 5) is 0. The fraction of sp³-hybridized carbons (Fsp3) is 0.684. The van der Waals surface area contributed by atoms with Crippen LogP contribution in [-0.4, -0.2) is 4.36 Å². The van der Waals surface area contributed by atoms with Gasteiger partial charge in [-0.05, 0) is 98.6 Å². The standard InChI is InChI=1S/C38H61ClP2/c1-32(2,3)24-20-26(34(7,8)9)30(27(21-24)35(10,11)12)40-38(19,39)41(40)31-28(36(13,14)15)22-25(33(4,5)6)23-29(31)37(16,17)18/h20-23H,1-19H3. The van der Waals surface area contributed by atoms with Gasteiger partial charge >= 0.3 is 0 Å². The quantitative estimate of drug-likeness (QED) is 0.233. The van der Waals surface area contributed by atoms with Gasteiger partial charge in [-0.3, -0.25) is 0 Å². The third-order valence-corrected chi connectivity index (χ3v) is 19.0. The van der Waals surface area contributed by atoms with E-state index in [0.29, 0.717) is 0 Å². The van der Waals surface area contributed by atoms with E-state index in [1.54, 1.807) is 10.6 Å². The Kier molecular flexibility index (Phi) is 8.83. The van der Waals surface area contributed by atoms with Crippen molar-refractivity contribution in [1.29, 1.82) is 0 Å². The maximum Gasteiger partial charge on any atom is 0.0971 e. The summed E-state index contributed by atoms with van der Waals surface area (Å²) in [7, 11) is -1.16. The van der Waals surface area contributed by atoms with E-state index >= 15 is 0 Å². The largest absolute Gasteiger partial charge is 0.108 e. The van der Waals surface area contributed by atoms with E-state index in [1.165, 1.54) is 33.4 Å². The van der Waals surface area contributed by atoms with Crippen LogP contribution >= 0.6 is 26.8 Å². The van der Waals surface area contributed by atoms with E-state index in [9.17, 15) is 0 Å². The molecule has 0 radical (unpaired) electrons. The van der Waals surface area contributed by atoms with Gasteiger partial charge in [-0.2, -0.15) is 0 Å². The number of rotatable bonds is 2. The first-order valence-corrected chi connectivity index (χ1v) is 19.4. The summed E-state index contributed by atoms with van der Waals surface area (Å²) in [5.41, 5.74) is 9.24. The van der Waals surface area contributed by atoms with Crippen LogP contribution in [0.3, 0.4) is 0 Å². The molecule has 2 atom stereocenters. The molecule has 0 saturated carbocycles. The van der Waals surface area contributed by atoms with Crippen molar-refractivity contribution in [2.75, 3.05) is 0 Å². The van der Waals surface area contributed by atoms with Crippen molar-refractivity contribution in [3.05, 3.63) is 57.6 Å². The lowest BCUT2D eigenvalue weighted by Crippen LogP contribution is -2.31. The van der Waals surface area contributed by atoms with E-state index in [1.807, 2.05) is 0 Å². The van der Waals surface area contributed by atoms with E-state index < -0.39 is 15.2 Å². The molecule has 0 amide bonds. The second-order valence-corrected chi connectivity index (χ2v) is 26.8. The number of benzene rings is 2. The Balaban J connectivity index is 2.50. The van der Waals surface area contributed by atoms with Crippen LogP contribution in [0.2, 0.25) is 0 Å². The monoisotopic (exact) mass is 614 g/mol. The van der Waals surface area contributed by atoms with Crippen molar-refractivity contribution >= 4 is 37.4 Å². The van der Waals surface area contributed by atoms with Gasteiger partial charge < -0.3 is 0 Å². The molecule has 2 aromatic carbocycles. The zero-order chi connectivity index (χ0) is 32.1. The van der Waals surface area contributed by atoms with Crippen molar-refractivity contribution in [1.82, 2.24) is 0 Å². The molecule has 2 unspecified atom stereocenters. The molecule has 1 aliphatic heterocycles. The third kappa shape index (κ3) is 6.97. The van der Waals surface area contributed by atoms with Crippen LogP contribution in [0.15, 0.2) is 24.3 Å². The predicted molar refractivity (Wildman–Crippen MR) is 192 cm³/mol. The molecule has 0 nitrogen and oxygen atoms in total. The highest BCUT2D eigenvalue weighted by atomic mass is 35.5. The third-order valence-electron chi connectivity index (χ3n) is 8.54. The molecule has 1 saturated heterocycles. The molecule has 0 aliphatic carbocycles. The Morgan fingerprint density at radius 1 is 0.415 bits per heavy atom. The van der Waals surface area contributed by atoms with Gasteiger partial charge in [0.1, 0.15) is 0 Å². The number of halogens is 1. The van der Waals surface area contributed by atoms with Crippen LogP contribution < -0.4 is 10.6 Å². The number of alkyl halides is 1. The summed E-state index contributed by atoms with van der Waals surface area (Å²) >= 11 is 7.85. The molecular weight excluding hydrogens is 554 g/mol. The average Bonchev–Trinajstić information content (AvgIpc) is 3.28. The smallest absolute Gasteiger partial charge is 0.0971 e. The summed E-state index contributed by atoms with van der Waals surface area (Å²) in [6.07, 6.45) is 0. The van der Waals surface area contributed by atoms with Gasteiger partial charge in [-0.15, -0.1) is 11.6 Å². The lowest BCUT2D eigenvalue weighted by molar-refractivity contribution is 0.553. The number of hydrogen-bond donors (Lipinski definition) is 0. The fourth-order valence-electron chi connectivity index (χ4n) is 5.76. The molecular formula is C38H61ClP2. The summed E-state index contributed by atoms with van der Waals surface area (Å²) in [5, 5.41) is 3.19. The highest BCUT2D eigenvalue weighted by Gasteiger charge is 2.65. The van der Waals surface area contributed by atoms with E-state index in [4.69, 9.17) is 11.6 Å². The SMILES string of the molecule is CC(C)(C)c1cc(C(C)(C)C)c(P2P(c3c(C(C)(C)C)cc(C(C)(C)C)cc3C(C)(C)C)C2(C)Cl)c(C(C)(C)C)c1. The molecule has 3 rings (SSSR count). The Morgan fingerprint density at radius 2 is 0.610 bits per heavy atom. The van der Waals surface area contributed by atoms with Gasteiger partial charge in [-0.1, -0.05) is 149 Å². The lowest BCUT2D eigenvalue weighted by atomic mass is 9.75. The second kappa shape index (κ2) is 10.3. The van der Waals surface area contributed by atoms with Crippen LogP contribution in [0.1, 0.15) is 165 Å². The van der Waals surface area contributed by atoms with Gasteiger partial charge in [0.25, 0.3) is 0 Å². The Hall–Kier alpha value is -0.410. The molecule has 230 valence electrons. The molecule has 1 fully saturated rings. The van der Waals surface area contributed by atoms with Crippen LogP contribution in [-0.2, 0) is 32.5 Å². The highest BCUT2D eigenvalue weighted by Crippen LogP contribution is 3.03. The minimum atomic E-state index is -0.581. The highest BCUT2D eigenvalue weighted by molar-refractivity contribution is 8.54. The number of hydrogen-bond acceptors (Lipinski definition) is 0. The van der Waals surface area contributed by atoms with Crippen molar-refractivity contribution < 1.29 is 0 Å². The molecule has 1 aliphatic rings. The molecule has 0 bridgehead atoms. The Bertz CT molecular complexity index is 1130. The lowest BCUT2D eigenvalue weighted by Gasteiger charge is -2.35. The zero-order valence-electron chi connectivity index (χ0n) is 30.1. The molecule has 0 aromatic heterocycles. The molecule has 1 heterocycles. The van der Waals surface area contributed by atoms with E-state index in [2.05, 4.69) is 156 Å². The van der Waals surface area contributed by atoms with Gasteiger partial charge in [-0.25, -0.2) is 0 Å². The molecule has 3 heteroatoms. The first-order chi connectivity index (χ1) is 17.9. The van der Waals surface area contributed by atoms with Crippen molar-refractivity contribution in [3.8, 4) is 0 Å². The maximum atomic E-state index is 7.85. The first-order valence-electron chi connectivity index (χ1n) is 15.6. The fourth-order valence-corrected chi connectivity index (χ4v) is 17.1. The minimum absolute atomic E-state index is 0.0330. The zero-order valence-corrected chi connectivity index (χ0v) is 32.6. The molecule has 41 heavy (non-hydrogen) atoms. The topological polar surface area (TPSA) is 0 Å². The summed E-state index contributed by atoms with van der Waals surface area (Å²) in [6.45, 7) is 45.3. The Morgan fingerprint density at radius 3 is 0.756 bits per heavy atom. The van der Waals surface area contributed by atoms with E-state index in [-0.39, 0.29) is 36.8 Å². The van der Waals surface area contributed by atoms with Crippen molar-refractivity contribution in [3.63, 3.8) is 0 Å². The molecule has 0 N–H and O–H groups in total. The second-order valence-electron chi connectivity index (χ2n) is 18.9. The van der Waals surface area contributed by atoms with E-state index in [0.717, 1.165) is 0 Å². The summed E-state index contributed by atoms with van der Waals surface area (Å²) in [5.74, 6) is 0. The summed E-state index contributed by atoms with van der Waals surface area (Å²) < 4.78 is -0.225. The van der Waals surface area contributed by atoms with Gasteiger partial charge in [0, 0.05) is 0 Å². The van der Waals surface area contributed by atoms with Gasteiger partial charge in [0.05, 0.1) is 4.36 Å². The Labute approximate surface area is 262 Å². The van der Waals surface area contributed by atoms with Crippen molar-refractivity contribution in [2.45, 2.75) is 168 Å². The average molecular weight is 615 g/mol. The van der Waals surface area contributed by atoms with Crippen LogP contribution in [0, 0.1) is 0 Å². The van der Waals surface area contributed by atoms with Gasteiger partial charge in [0.15, 0.2) is 0 Å². The minimum Gasteiger partial charge on any atom is -0.108 e. The maximum absolute atomic E-state index is 7.85.